The van der Waals surface area contributed by atoms with Gasteiger partial charge in [0, 0.05) is 19.3 Å². The maximum atomic E-state index is 13.1. The predicted octanol–water partition coefficient (Wildman–Crippen LogP) is 3.91. The molecule has 1 heterocycles. The Morgan fingerprint density at radius 2 is 1.76 bits per heavy atom. The number of nitrogens with one attached hydrogen (secondary N) is 1. The minimum absolute atomic E-state index is 0.0353. The largest absolute Gasteiger partial charge is 0.416 e. The lowest BCUT2D eigenvalue weighted by Gasteiger charge is -2.32. The highest BCUT2D eigenvalue weighted by molar-refractivity contribution is 7.92. The molecule has 1 fully saturated rings. The lowest BCUT2D eigenvalue weighted by Crippen LogP contribution is -2.39. The van der Waals surface area contributed by atoms with E-state index in [4.69, 9.17) is 0 Å². The van der Waals surface area contributed by atoms with Crippen molar-refractivity contribution in [3.05, 3.63) is 65.2 Å². The Balaban J connectivity index is 1.81. The van der Waals surface area contributed by atoms with E-state index in [-0.39, 0.29) is 18.4 Å². The second kappa shape index (κ2) is 10.1. The maximum absolute atomic E-state index is 13.1. The zero-order valence-corrected chi connectivity index (χ0v) is 19.4. The summed E-state index contributed by atoms with van der Waals surface area (Å²) in [5, 5.41) is 0. The average molecular weight is 484 g/mol. The van der Waals surface area contributed by atoms with E-state index < -0.39 is 21.8 Å². The third-order valence-corrected chi connectivity index (χ3v) is 6.31. The lowest BCUT2D eigenvalue weighted by atomic mass is 10.0. The number of alkyl halides is 3. The van der Waals surface area contributed by atoms with Crippen molar-refractivity contribution in [2.45, 2.75) is 31.5 Å². The summed E-state index contributed by atoms with van der Waals surface area (Å²) < 4.78 is 64.2. The van der Waals surface area contributed by atoms with Gasteiger partial charge in [0.1, 0.15) is 0 Å². The second-order valence-corrected chi connectivity index (χ2v) is 10.1. The number of benzene rings is 2. The van der Waals surface area contributed by atoms with Crippen molar-refractivity contribution in [2.24, 2.45) is 0 Å². The van der Waals surface area contributed by atoms with Crippen LogP contribution in [0.5, 0.6) is 0 Å². The van der Waals surface area contributed by atoms with E-state index in [0.29, 0.717) is 17.8 Å². The molecule has 10 heteroatoms. The number of hydrogen-bond donors (Lipinski definition) is 1. The lowest BCUT2D eigenvalue weighted by molar-refractivity contribution is -0.137. The number of hydrogen-bond acceptors (Lipinski definition) is 4. The predicted molar refractivity (Wildman–Crippen MR) is 121 cm³/mol. The third-order valence-electron chi connectivity index (χ3n) is 5.70. The van der Waals surface area contributed by atoms with Crippen molar-refractivity contribution >= 4 is 21.6 Å². The number of sulfonamides is 1. The normalized spacial score (nSPS) is 15.9. The number of carbonyl (C=O) groups is 1. The van der Waals surface area contributed by atoms with Gasteiger partial charge in [-0.05, 0) is 61.3 Å². The van der Waals surface area contributed by atoms with Gasteiger partial charge in [0.15, 0.2) is 0 Å². The van der Waals surface area contributed by atoms with E-state index in [2.05, 4.69) is 9.62 Å². The fourth-order valence-corrected chi connectivity index (χ4v) is 4.52. The molecule has 180 valence electrons. The SMILES string of the molecule is CN(C(=O)Cc1ccc(C(F)(F)F)cc1)[C@@H](CN1CCCC1)c1cccc(NS(C)(=O)=O)c1. The molecule has 2 aromatic rings. The molecule has 0 radical (unpaired) electrons. The molecule has 6 nitrogen and oxygen atoms in total. The highest BCUT2D eigenvalue weighted by Gasteiger charge is 2.30. The monoisotopic (exact) mass is 483 g/mol. The topological polar surface area (TPSA) is 69.7 Å². The number of likely N-dealkylation sites (tertiary alicyclic amines) is 1. The summed E-state index contributed by atoms with van der Waals surface area (Å²) in [5.74, 6) is -0.236. The van der Waals surface area contributed by atoms with Crippen LogP contribution < -0.4 is 4.72 Å². The molecule has 0 spiro atoms. The average Bonchev–Trinajstić information content (AvgIpc) is 3.23. The van der Waals surface area contributed by atoms with E-state index in [1.807, 2.05) is 6.07 Å². The van der Waals surface area contributed by atoms with Crippen molar-refractivity contribution in [2.75, 3.05) is 37.7 Å². The molecule has 0 bridgehead atoms. The Morgan fingerprint density at radius 3 is 2.33 bits per heavy atom. The van der Waals surface area contributed by atoms with Crippen LogP contribution in [0.15, 0.2) is 48.5 Å². The van der Waals surface area contributed by atoms with Crippen molar-refractivity contribution < 1.29 is 26.4 Å². The minimum atomic E-state index is -4.43. The Morgan fingerprint density at radius 1 is 1.12 bits per heavy atom. The summed E-state index contributed by atoms with van der Waals surface area (Å²) in [5.41, 5.74) is 0.922. The molecule has 1 aliphatic heterocycles. The molecule has 1 saturated heterocycles. The van der Waals surface area contributed by atoms with Crippen LogP contribution >= 0.6 is 0 Å². The summed E-state index contributed by atoms with van der Waals surface area (Å²) >= 11 is 0. The molecule has 0 aliphatic carbocycles. The van der Waals surface area contributed by atoms with Gasteiger partial charge in [-0.1, -0.05) is 24.3 Å². The van der Waals surface area contributed by atoms with E-state index >= 15 is 0 Å². The van der Waals surface area contributed by atoms with Crippen LogP contribution in [0.3, 0.4) is 0 Å². The fraction of sp³-hybridized carbons (Fsp3) is 0.435. The number of likely N-dealkylation sites (N-methyl/N-ethyl adjacent to an activating group) is 1. The van der Waals surface area contributed by atoms with E-state index in [1.165, 1.54) is 12.1 Å². The maximum Gasteiger partial charge on any atom is 0.416 e. The quantitative estimate of drug-likeness (QED) is 0.618. The molecule has 3 rings (SSSR count). The minimum Gasteiger partial charge on any atom is -0.337 e. The van der Waals surface area contributed by atoms with Gasteiger partial charge in [-0.3, -0.25) is 9.52 Å². The molecular weight excluding hydrogens is 455 g/mol. The van der Waals surface area contributed by atoms with Crippen LogP contribution in [0.25, 0.3) is 0 Å². The molecule has 0 unspecified atom stereocenters. The van der Waals surface area contributed by atoms with Crippen LogP contribution in [0.1, 0.15) is 35.6 Å². The van der Waals surface area contributed by atoms with Gasteiger partial charge < -0.3 is 9.80 Å². The van der Waals surface area contributed by atoms with Gasteiger partial charge in [0.05, 0.1) is 24.3 Å². The molecule has 0 saturated carbocycles. The summed E-state index contributed by atoms with van der Waals surface area (Å²) in [6.45, 7) is 2.41. The molecule has 1 atom stereocenters. The van der Waals surface area contributed by atoms with Gasteiger partial charge in [-0.2, -0.15) is 13.2 Å². The summed E-state index contributed by atoms with van der Waals surface area (Å²) in [6, 6.07) is 11.2. The second-order valence-electron chi connectivity index (χ2n) is 8.40. The summed E-state index contributed by atoms with van der Waals surface area (Å²) in [6.07, 6.45) is -1.24. The van der Waals surface area contributed by atoms with Crippen molar-refractivity contribution in [3.63, 3.8) is 0 Å². The van der Waals surface area contributed by atoms with E-state index in [0.717, 1.165) is 49.9 Å². The number of nitrogens with zero attached hydrogens (tertiary/aromatic N) is 2. The fourth-order valence-electron chi connectivity index (χ4n) is 3.97. The summed E-state index contributed by atoms with van der Waals surface area (Å²) in [4.78, 5) is 16.9. The van der Waals surface area contributed by atoms with Crippen LogP contribution in [0, 0.1) is 0 Å². The van der Waals surface area contributed by atoms with Crippen molar-refractivity contribution in [1.29, 1.82) is 0 Å². The molecule has 1 aliphatic rings. The molecule has 1 amide bonds. The first-order valence-electron chi connectivity index (χ1n) is 10.6. The number of carbonyl (C=O) groups excluding carboxylic acids is 1. The zero-order valence-electron chi connectivity index (χ0n) is 18.6. The van der Waals surface area contributed by atoms with Gasteiger partial charge in [-0.25, -0.2) is 8.42 Å². The van der Waals surface area contributed by atoms with Gasteiger partial charge in [0.25, 0.3) is 0 Å². The highest BCUT2D eigenvalue weighted by atomic mass is 32.2. The third kappa shape index (κ3) is 7.20. The van der Waals surface area contributed by atoms with Crippen molar-refractivity contribution in [3.8, 4) is 0 Å². The van der Waals surface area contributed by atoms with Gasteiger partial charge >= 0.3 is 6.18 Å². The Bertz CT molecular complexity index is 1070. The number of halogens is 3. The number of anilines is 1. The highest BCUT2D eigenvalue weighted by Crippen LogP contribution is 2.30. The Kier molecular flexibility index (Phi) is 7.69. The van der Waals surface area contributed by atoms with Crippen LogP contribution in [-0.2, 0) is 27.4 Å². The standard InChI is InChI=1S/C23H28F3N3O3S/c1-28(22(30)14-17-8-10-19(11-9-17)23(24,25)26)21(16-29-12-3-4-13-29)18-6-5-7-20(15-18)27-33(2,31)32/h5-11,15,21,27H,3-4,12-14,16H2,1-2H3/t21-/m0/s1. The van der Waals surface area contributed by atoms with E-state index in [1.54, 1.807) is 30.1 Å². The zero-order chi connectivity index (χ0) is 24.2. The van der Waals surface area contributed by atoms with E-state index in [9.17, 15) is 26.4 Å². The smallest absolute Gasteiger partial charge is 0.337 e. The van der Waals surface area contributed by atoms with Gasteiger partial charge in [-0.15, -0.1) is 0 Å². The van der Waals surface area contributed by atoms with Crippen LogP contribution in [0.4, 0.5) is 18.9 Å². The first kappa shape index (κ1) is 25.0. The molecular formula is C23H28F3N3O3S. The van der Waals surface area contributed by atoms with Crippen LogP contribution in [-0.4, -0.2) is 57.1 Å². The number of rotatable bonds is 8. The Labute approximate surface area is 192 Å². The molecule has 2 aromatic carbocycles. The summed E-state index contributed by atoms with van der Waals surface area (Å²) in [7, 11) is -1.78. The van der Waals surface area contributed by atoms with Gasteiger partial charge in [0.2, 0.25) is 15.9 Å². The number of amides is 1. The molecule has 1 N–H and O–H groups in total. The first-order valence-corrected chi connectivity index (χ1v) is 12.5. The van der Waals surface area contributed by atoms with Crippen LogP contribution in [0.2, 0.25) is 0 Å². The molecule has 0 aromatic heterocycles. The van der Waals surface area contributed by atoms with Crippen molar-refractivity contribution in [1.82, 2.24) is 9.80 Å². The first-order chi connectivity index (χ1) is 15.4. The molecule has 33 heavy (non-hydrogen) atoms. The Hall–Kier alpha value is -2.59.